The molecule has 2 atom stereocenters. The number of thiophene rings is 1. The zero-order valence-electron chi connectivity index (χ0n) is 11.8. The van der Waals surface area contributed by atoms with Crippen LogP contribution in [0.2, 0.25) is 0 Å². The summed E-state index contributed by atoms with van der Waals surface area (Å²) in [5, 5.41) is 3.63. The predicted molar refractivity (Wildman–Crippen MR) is 78.4 cm³/mol. The van der Waals surface area contributed by atoms with Crippen molar-refractivity contribution in [3.8, 4) is 0 Å². The van der Waals surface area contributed by atoms with E-state index in [0.29, 0.717) is 12.1 Å². The number of hydrogen-bond donors (Lipinski definition) is 1. The van der Waals surface area contributed by atoms with E-state index in [4.69, 9.17) is 4.74 Å². The Morgan fingerprint density at radius 2 is 2.33 bits per heavy atom. The van der Waals surface area contributed by atoms with Gasteiger partial charge in [-0.2, -0.15) is 0 Å². The summed E-state index contributed by atoms with van der Waals surface area (Å²) in [7, 11) is 0. The third kappa shape index (κ3) is 3.81. The zero-order chi connectivity index (χ0) is 13.0. The van der Waals surface area contributed by atoms with E-state index in [9.17, 15) is 0 Å². The highest BCUT2D eigenvalue weighted by atomic mass is 32.1. The summed E-state index contributed by atoms with van der Waals surface area (Å²) in [6.45, 7) is 8.74. The molecule has 1 aliphatic heterocycles. The second kappa shape index (κ2) is 6.69. The molecule has 0 amide bonds. The highest BCUT2D eigenvalue weighted by Gasteiger charge is 2.15. The molecular weight excluding hydrogens is 242 g/mol. The van der Waals surface area contributed by atoms with Gasteiger partial charge >= 0.3 is 0 Å². The lowest BCUT2D eigenvalue weighted by Crippen LogP contribution is -2.21. The van der Waals surface area contributed by atoms with Crippen molar-refractivity contribution in [3.63, 3.8) is 0 Å². The fraction of sp³-hybridized carbons (Fsp3) is 0.733. The van der Waals surface area contributed by atoms with Gasteiger partial charge in [0.15, 0.2) is 0 Å². The van der Waals surface area contributed by atoms with Crippen molar-refractivity contribution in [2.75, 3.05) is 13.2 Å². The van der Waals surface area contributed by atoms with E-state index in [1.165, 1.54) is 41.0 Å². The van der Waals surface area contributed by atoms with Gasteiger partial charge in [-0.15, -0.1) is 11.3 Å². The lowest BCUT2D eigenvalue weighted by atomic mass is 10.1. The lowest BCUT2D eigenvalue weighted by molar-refractivity contribution is 0.102. The van der Waals surface area contributed by atoms with Gasteiger partial charge in [0.25, 0.3) is 0 Å². The molecule has 1 aromatic heterocycles. The van der Waals surface area contributed by atoms with Crippen molar-refractivity contribution in [2.45, 2.75) is 58.6 Å². The van der Waals surface area contributed by atoms with Crippen molar-refractivity contribution in [1.29, 1.82) is 0 Å². The zero-order valence-corrected chi connectivity index (χ0v) is 12.6. The Labute approximate surface area is 115 Å². The molecule has 1 N–H and O–H groups in total. The van der Waals surface area contributed by atoms with Crippen LogP contribution in [-0.2, 0) is 4.74 Å². The van der Waals surface area contributed by atoms with Crippen LogP contribution in [0.25, 0.3) is 0 Å². The van der Waals surface area contributed by atoms with Gasteiger partial charge in [-0.05, 0) is 64.6 Å². The van der Waals surface area contributed by atoms with E-state index in [1.54, 1.807) is 0 Å². The minimum Gasteiger partial charge on any atom is -0.378 e. The largest absolute Gasteiger partial charge is 0.378 e. The highest BCUT2D eigenvalue weighted by molar-refractivity contribution is 7.12. The molecule has 0 aromatic carbocycles. The first kappa shape index (κ1) is 14.0. The van der Waals surface area contributed by atoms with E-state index in [-0.39, 0.29) is 0 Å². The molecule has 102 valence electrons. The van der Waals surface area contributed by atoms with Gasteiger partial charge in [-0.25, -0.2) is 0 Å². The van der Waals surface area contributed by atoms with Crippen molar-refractivity contribution in [2.24, 2.45) is 0 Å². The predicted octanol–water partition coefficient (Wildman–Crippen LogP) is 3.97. The summed E-state index contributed by atoms with van der Waals surface area (Å²) in [4.78, 5) is 2.86. The minimum absolute atomic E-state index is 0.472. The minimum atomic E-state index is 0.472. The molecule has 18 heavy (non-hydrogen) atoms. The third-order valence-electron chi connectivity index (χ3n) is 3.72. The average Bonchev–Trinajstić information content (AvgIpc) is 2.94. The summed E-state index contributed by atoms with van der Waals surface area (Å²) in [6.07, 6.45) is 5.48. The average molecular weight is 267 g/mol. The molecule has 1 aromatic rings. The fourth-order valence-electron chi connectivity index (χ4n) is 2.71. The molecule has 2 heterocycles. The second-order valence-corrected chi connectivity index (χ2v) is 6.78. The molecule has 0 saturated carbocycles. The molecule has 2 nitrogen and oxygen atoms in total. The Morgan fingerprint density at radius 1 is 1.50 bits per heavy atom. The topological polar surface area (TPSA) is 21.3 Å². The van der Waals surface area contributed by atoms with Crippen molar-refractivity contribution in [1.82, 2.24) is 5.32 Å². The molecule has 0 aliphatic carbocycles. The Kier molecular flexibility index (Phi) is 5.22. The standard InChI is InChI=1S/C15H25NOS/c1-11-10-15(13(3)18-11)12(2)16-8-4-6-14-7-5-9-17-14/h10,12,14,16H,4-9H2,1-3H3. The quantitative estimate of drug-likeness (QED) is 0.787. The highest BCUT2D eigenvalue weighted by Crippen LogP contribution is 2.26. The van der Waals surface area contributed by atoms with Crippen LogP contribution in [0.1, 0.15) is 54.0 Å². The third-order valence-corrected chi connectivity index (χ3v) is 4.70. The molecule has 0 spiro atoms. The first-order chi connectivity index (χ1) is 8.66. The smallest absolute Gasteiger partial charge is 0.0576 e. The Balaban J connectivity index is 1.68. The molecule has 0 bridgehead atoms. The number of nitrogens with one attached hydrogen (secondary N) is 1. The van der Waals surface area contributed by atoms with E-state index >= 15 is 0 Å². The molecule has 3 heteroatoms. The Morgan fingerprint density at radius 3 is 2.94 bits per heavy atom. The van der Waals surface area contributed by atoms with Crippen LogP contribution in [0.5, 0.6) is 0 Å². The Bertz CT molecular complexity index is 369. The molecule has 0 radical (unpaired) electrons. The van der Waals surface area contributed by atoms with Gasteiger partial charge in [-0.1, -0.05) is 0 Å². The molecule has 1 fully saturated rings. The SMILES string of the molecule is Cc1cc(C(C)NCCCC2CCCO2)c(C)s1. The van der Waals surface area contributed by atoms with E-state index in [2.05, 4.69) is 32.2 Å². The van der Waals surface area contributed by atoms with Crippen LogP contribution in [0.3, 0.4) is 0 Å². The lowest BCUT2D eigenvalue weighted by Gasteiger charge is -2.15. The van der Waals surface area contributed by atoms with E-state index < -0.39 is 0 Å². The van der Waals surface area contributed by atoms with E-state index in [0.717, 1.165) is 13.2 Å². The van der Waals surface area contributed by atoms with Crippen molar-refractivity contribution < 1.29 is 4.74 Å². The van der Waals surface area contributed by atoms with Gasteiger partial charge in [0, 0.05) is 22.4 Å². The maximum Gasteiger partial charge on any atom is 0.0576 e. The molecule has 1 aliphatic rings. The summed E-state index contributed by atoms with van der Waals surface area (Å²) in [5.74, 6) is 0. The molecule has 2 rings (SSSR count). The summed E-state index contributed by atoms with van der Waals surface area (Å²) in [6, 6.07) is 2.79. The van der Waals surface area contributed by atoms with Crippen LogP contribution >= 0.6 is 11.3 Å². The monoisotopic (exact) mass is 267 g/mol. The van der Waals surface area contributed by atoms with Crippen molar-refractivity contribution >= 4 is 11.3 Å². The van der Waals surface area contributed by atoms with Crippen LogP contribution in [0.4, 0.5) is 0 Å². The molecule has 2 unspecified atom stereocenters. The normalized spacial score (nSPS) is 21.4. The summed E-state index contributed by atoms with van der Waals surface area (Å²) < 4.78 is 5.64. The van der Waals surface area contributed by atoms with Gasteiger partial charge in [-0.3, -0.25) is 0 Å². The van der Waals surface area contributed by atoms with Crippen LogP contribution in [-0.4, -0.2) is 19.3 Å². The van der Waals surface area contributed by atoms with Gasteiger partial charge in [0.05, 0.1) is 6.10 Å². The maximum atomic E-state index is 5.64. The molecular formula is C15H25NOS. The van der Waals surface area contributed by atoms with Crippen molar-refractivity contribution in [3.05, 3.63) is 21.4 Å². The maximum absolute atomic E-state index is 5.64. The second-order valence-electron chi connectivity index (χ2n) is 5.32. The number of aryl methyl sites for hydroxylation is 2. The van der Waals surface area contributed by atoms with Crippen LogP contribution in [0, 0.1) is 13.8 Å². The van der Waals surface area contributed by atoms with E-state index in [1.807, 2.05) is 11.3 Å². The molecule has 1 saturated heterocycles. The van der Waals surface area contributed by atoms with Gasteiger partial charge in [0.1, 0.15) is 0 Å². The summed E-state index contributed by atoms with van der Waals surface area (Å²) >= 11 is 1.90. The first-order valence-corrected chi connectivity index (χ1v) is 7.90. The number of rotatable bonds is 6. The van der Waals surface area contributed by atoms with Gasteiger partial charge in [0.2, 0.25) is 0 Å². The Hall–Kier alpha value is -0.380. The summed E-state index contributed by atoms with van der Waals surface area (Å²) in [5.41, 5.74) is 1.47. The van der Waals surface area contributed by atoms with Crippen LogP contribution in [0.15, 0.2) is 6.07 Å². The number of ether oxygens (including phenoxy) is 1. The number of hydrogen-bond acceptors (Lipinski definition) is 3. The fourth-order valence-corrected chi connectivity index (χ4v) is 3.73. The first-order valence-electron chi connectivity index (χ1n) is 7.08. The van der Waals surface area contributed by atoms with Crippen LogP contribution < -0.4 is 5.32 Å². The van der Waals surface area contributed by atoms with Gasteiger partial charge < -0.3 is 10.1 Å².